The number of fused-ring (bicyclic) bond motifs is 1. The molecule has 10 heteroatoms. The van der Waals surface area contributed by atoms with Crippen LogP contribution in [0.4, 0.5) is 16.0 Å². The summed E-state index contributed by atoms with van der Waals surface area (Å²) in [6.45, 7) is 1.75. The fraction of sp³-hybridized carbons (Fsp3) is 0.278. The van der Waals surface area contributed by atoms with Crippen LogP contribution in [0.15, 0.2) is 18.2 Å². The quantitative estimate of drug-likeness (QED) is 0.425. The van der Waals surface area contributed by atoms with Crippen molar-refractivity contribution in [3.63, 3.8) is 0 Å². The van der Waals surface area contributed by atoms with Crippen LogP contribution in [0.1, 0.15) is 23.0 Å². The molecule has 0 saturated carbocycles. The van der Waals surface area contributed by atoms with E-state index in [1.54, 1.807) is 0 Å². The Labute approximate surface area is 164 Å². The highest BCUT2D eigenvalue weighted by molar-refractivity contribution is 7.21. The average Bonchev–Trinajstić information content (AvgIpc) is 3.03. The van der Waals surface area contributed by atoms with Crippen LogP contribution in [-0.4, -0.2) is 45.8 Å². The number of hydrogen-bond donors (Lipinski definition) is 5. The van der Waals surface area contributed by atoms with Crippen LogP contribution in [0.5, 0.6) is 5.75 Å². The Morgan fingerprint density at radius 2 is 2.14 bits per heavy atom. The molecule has 3 aromatic rings. The van der Waals surface area contributed by atoms with Crippen molar-refractivity contribution in [2.75, 3.05) is 24.7 Å². The zero-order chi connectivity index (χ0) is 20.4. The third kappa shape index (κ3) is 3.43. The number of hydrogen-bond acceptors (Lipinski definition) is 8. The number of amides is 1. The van der Waals surface area contributed by atoms with Gasteiger partial charge < -0.3 is 26.6 Å². The number of nitrogens with one attached hydrogen (secondary N) is 2. The zero-order valence-corrected chi connectivity index (χ0v) is 16.1. The molecule has 0 radical (unpaired) electrons. The summed E-state index contributed by atoms with van der Waals surface area (Å²) in [5.74, 6) is -1.61. The third-order valence-corrected chi connectivity index (χ3v) is 5.40. The summed E-state index contributed by atoms with van der Waals surface area (Å²) < 4.78 is 14.6. The summed E-state index contributed by atoms with van der Waals surface area (Å²) in [4.78, 5) is 21.5. The second kappa shape index (κ2) is 7.95. The first-order valence-corrected chi connectivity index (χ1v) is 9.40. The molecule has 0 aliphatic carbocycles. The van der Waals surface area contributed by atoms with E-state index < -0.39 is 11.6 Å². The van der Waals surface area contributed by atoms with Gasteiger partial charge in [0.05, 0.1) is 29.4 Å². The number of aromatic nitrogens is 2. The number of thiophene rings is 1. The van der Waals surface area contributed by atoms with E-state index in [0.29, 0.717) is 16.6 Å². The van der Waals surface area contributed by atoms with Crippen LogP contribution in [0.2, 0.25) is 0 Å². The summed E-state index contributed by atoms with van der Waals surface area (Å²) in [6.07, 6.45) is 0.615. The van der Waals surface area contributed by atoms with Crippen LogP contribution in [0, 0.1) is 5.82 Å². The molecule has 0 fully saturated rings. The molecule has 148 valence electrons. The van der Waals surface area contributed by atoms with Gasteiger partial charge in [-0.2, -0.15) is 0 Å². The monoisotopic (exact) mass is 405 g/mol. The molecule has 1 aromatic carbocycles. The number of aliphatic hydroxyl groups excluding tert-OH is 1. The van der Waals surface area contributed by atoms with Crippen LogP contribution in [0.25, 0.3) is 21.5 Å². The molecule has 6 N–H and O–H groups in total. The van der Waals surface area contributed by atoms with E-state index >= 15 is 0 Å². The number of nitrogens with two attached hydrogens (primary N) is 1. The van der Waals surface area contributed by atoms with Gasteiger partial charge in [0.1, 0.15) is 9.71 Å². The van der Waals surface area contributed by atoms with Gasteiger partial charge in [-0.25, -0.2) is 14.4 Å². The van der Waals surface area contributed by atoms with E-state index in [1.165, 1.54) is 25.2 Å². The van der Waals surface area contributed by atoms with E-state index in [0.717, 1.165) is 11.3 Å². The number of phenols is 1. The highest BCUT2D eigenvalue weighted by Gasteiger charge is 2.24. The zero-order valence-electron chi connectivity index (χ0n) is 15.3. The molecule has 0 saturated heterocycles. The lowest BCUT2D eigenvalue weighted by Crippen LogP contribution is -2.24. The number of phenolic OH excluding ortho intramolecular Hbond substituents is 1. The van der Waals surface area contributed by atoms with Gasteiger partial charge in [-0.05, 0) is 18.6 Å². The molecule has 3 rings (SSSR count). The van der Waals surface area contributed by atoms with Crippen molar-refractivity contribution < 1.29 is 19.4 Å². The van der Waals surface area contributed by atoms with Gasteiger partial charge in [-0.3, -0.25) is 4.79 Å². The average molecular weight is 405 g/mol. The number of aliphatic hydroxyl groups is 1. The smallest absolute Gasteiger partial charge is 0.263 e. The van der Waals surface area contributed by atoms with Crippen LogP contribution in [-0.2, 0) is 0 Å². The number of benzene rings is 1. The lowest BCUT2D eigenvalue weighted by Gasteiger charge is -2.15. The van der Waals surface area contributed by atoms with Crippen molar-refractivity contribution in [3.8, 4) is 17.0 Å². The number of carbonyl (C=O) groups is 1. The lowest BCUT2D eigenvalue weighted by atomic mass is 10.1. The maximum Gasteiger partial charge on any atom is 0.263 e. The van der Waals surface area contributed by atoms with Crippen molar-refractivity contribution in [2.45, 2.75) is 19.4 Å². The number of aromatic hydroxyl groups is 1. The van der Waals surface area contributed by atoms with Crippen LogP contribution in [0.3, 0.4) is 0 Å². The number of anilines is 2. The molecule has 0 spiro atoms. The van der Waals surface area contributed by atoms with Crippen molar-refractivity contribution >= 4 is 39.1 Å². The second-order valence-electron chi connectivity index (χ2n) is 6.07. The number of carbonyl (C=O) groups excluding carboxylic acids is 1. The van der Waals surface area contributed by atoms with Gasteiger partial charge in [0.15, 0.2) is 11.6 Å². The Morgan fingerprint density at radius 3 is 2.79 bits per heavy atom. The SMILES string of the molecule is CC[C@H](CO)Nc1nc(-c2cccc(O)c2F)c2c(N)c(C(=O)NC)sc2n1. The van der Waals surface area contributed by atoms with E-state index in [4.69, 9.17) is 5.73 Å². The van der Waals surface area contributed by atoms with E-state index in [9.17, 15) is 19.4 Å². The summed E-state index contributed by atoms with van der Waals surface area (Å²) in [5, 5.41) is 25.0. The first-order valence-electron chi connectivity index (χ1n) is 8.58. The number of rotatable bonds is 6. The highest BCUT2D eigenvalue weighted by Crippen LogP contribution is 2.40. The predicted molar refractivity (Wildman–Crippen MR) is 107 cm³/mol. The minimum absolute atomic E-state index is 0.0282. The largest absolute Gasteiger partial charge is 0.505 e. The maximum absolute atomic E-state index is 14.6. The molecule has 2 aromatic heterocycles. The fourth-order valence-electron chi connectivity index (χ4n) is 2.73. The molecule has 0 aliphatic heterocycles. The minimum Gasteiger partial charge on any atom is -0.505 e. The standard InChI is InChI=1S/C18H20FN5O3S/c1-3-8(7-25)22-18-23-14(9-5-4-6-10(26)12(9)19)11-13(20)15(16(27)21-2)28-17(11)24-18/h4-6,8,25-26H,3,7,20H2,1-2H3,(H,21,27)(H,22,23,24)/t8-/m1/s1. The summed E-state index contributed by atoms with van der Waals surface area (Å²) in [5.41, 5.74) is 6.49. The molecule has 0 unspecified atom stereocenters. The maximum atomic E-state index is 14.6. The first kappa shape index (κ1) is 19.8. The molecule has 1 atom stereocenters. The Kier molecular flexibility index (Phi) is 5.61. The second-order valence-corrected chi connectivity index (χ2v) is 7.07. The van der Waals surface area contributed by atoms with E-state index in [1.807, 2.05) is 6.92 Å². The van der Waals surface area contributed by atoms with Gasteiger partial charge in [0.25, 0.3) is 5.91 Å². The van der Waals surface area contributed by atoms with Crippen molar-refractivity contribution in [1.82, 2.24) is 15.3 Å². The molecular weight excluding hydrogens is 385 g/mol. The molecular formula is C18H20FN5O3S. The van der Waals surface area contributed by atoms with Crippen molar-refractivity contribution in [3.05, 3.63) is 28.9 Å². The van der Waals surface area contributed by atoms with Gasteiger partial charge in [-0.1, -0.05) is 13.0 Å². The number of nitrogen functional groups attached to an aromatic ring is 1. The molecule has 1 amide bonds. The van der Waals surface area contributed by atoms with Gasteiger partial charge in [-0.15, -0.1) is 11.3 Å². The Bertz CT molecular complexity index is 1040. The summed E-state index contributed by atoms with van der Waals surface area (Å²) >= 11 is 1.06. The van der Waals surface area contributed by atoms with E-state index in [-0.39, 0.29) is 46.3 Å². The topological polar surface area (TPSA) is 133 Å². The van der Waals surface area contributed by atoms with Crippen molar-refractivity contribution in [1.29, 1.82) is 0 Å². The number of nitrogens with zero attached hydrogens (tertiary/aromatic N) is 2. The Hall–Kier alpha value is -2.98. The van der Waals surface area contributed by atoms with Gasteiger partial charge in [0.2, 0.25) is 5.95 Å². The molecule has 28 heavy (non-hydrogen) atoms. The predicted octanol–water partition coefficient (Wildman–Crippen LogP) is 2.33. The van der Waals surface area contributed by atoms with Gasteiger partial charge in [0, 0.05) is 12.6 Å². The Morgan fingerprint density at radius 1 is 1.39 bits per heavy atom. The summed E-state index contributed by atoms with van der Waals surface area (Å²) in [6, 6.07) is 3.87. The van der Waals surface area contributed by atoms with Gasteiger partial charge >= 0.3 is 0 Å². The highest BCUT2D eigenvalue weighted by atomic mass is 32.1. The van der Waals surface area contributed by atoms with E-state index in [2.05, 4.69) is 20.6 Å². The normalized spacial score (nSPS) is 12.1. The van der Waals surface area contributed by atoms with Crippen LogP contribution >= 0.6 is 11.3 Å². The van der Waals surface area contributed by atoms with Crippen LogP contribution < -0.4 is 16.4 Å². The summed E-state index contributed by atoms with van der Waals surface area (Å²) in [7, 11) is 1.48. The minimum atomic E-state index is -0.852. The molecule has 0 aliphatic rings. The fourth-order valence-corrected chi connectivity index (χ4v) is 3.77. The molecule has 0 bridgehead atoms. The molecule has 8 nitrogen and oxygen atoms in total. The molecule has 2 heterocycles. The third-order valence-electron chi connectivity index (χ3n) is 4.30. The first-order chi connectivity index (χ1) is 13.4. The number of halogens is 1. The lowest BCUT2D eigenvalue weighted by molar-refractivity contribution is 0.0968. The van der Waals surface area contributed by atoms with Crippen molar-refractivity contribution in [2.24, 2.45) is 0 Å². The Balaban J connectivity index is 2.30.